The maximum absolute atomic E-state index is 12.1. The molecule has 3 rings (SSSR count). The van der Waals surface area contributed by atoms with E-state index in [9.17, 15) is 4.79 Å². The summed E-state index contributed by atoms with van der Waals surface area (Å²) in [6, 6.07) is 18.3. The number of carbonyl (C=O) groups is 1. The number of nitriles is 1. The fourth-order valence-electron chi connectivity index (χ4n) is 2.08. The lowest BCUT2D eigenvalue weighted by molar-refractivity contribution is 0.0953. The van der Waals surface area contributed by atoms with E-state index in [0.29, 0.717) is 11.1 Å². The number of hydrogen-bond acceptors (Lipinski definition) is 3. The highest BCUT2D eigenvalue weighted by Crippen LogP contribution is 2.40. The summed E-state index contributed by atoms with van der Waals surface area (Å²) < 4.78 is 5.46. The summed E-state index contributed by atoms with van der Waals surface area (Å²) in [6.45, 7) is 0. The van der Waals surface area contributed by atoms with E-state index in [0.717, 1.165) is 5.56 Å². The zero-order valence-electron chi connectivity index (χ0n) is 10.1. The zero-order valence-corrected chi connectivity index (χ0v) is 10.1. The average Bonchev–Trinajstić information content (AvgIpc) is 3.28. The normalized spacial score (nSPS) is 20.6. The first-order valence-corrected chi connectivity index (χ1v) is 6.04. The molecule has 1 aliphatic rings. The standard InChI is InChI=1S/C16H11NO2/c17-10-11-6-8-13(9-7-11)15-16(19-15)14(18)12-4-2-1-3-5-12/h1-9,15-16H. The highest BCUT2D eigenvalue weighted by molar-refractivity contribution is 6.01. The molecule has 0 aromatic heterocycles. The van der Waals surface area contributed by atoms with Crippen LogP contribution in [-0.2, 0) is 4.74 Å². The smallest absolute Gasteiger partial charge is 0.194 e. The molecule has 0 saturated carbocycles. The van der Waals surface area contributed by atoms with Gasteiger partial charge in [-0.25, -0.2) is 0 Å². The Morgan fingerprint density at radius 2 is 1.74 bits per heavy atom. The van der Waals surface area contributed by atoms with Gasteiger partial charge in [-0.3, -0.25) is 4.79 Å². The molecule has 3 heteroatoms. The van der Waals surface area contributed by atoms with Crippen LogP contribution in [0.2, 0.25) is 0 Å². The van der Waals surface area contributed by atoms with E-state index in [1.165, 1.54) is 0 Å². The first-order valence-electron chi connectivity index (χ1n) is 6.04. The average molecular weight is 249 g/mol. The van der Waals surface area contributed by atoms with Crippen molar-refractivity contribution in [2.75, 3.05) is 0 Å². The molecule has 2 aromatic rings. The van der Waals surface area contributed by atoms with Crippen molar-refractivity contribution in [3.63, 3.8) is 0 Å². The summed E-state index contributed by atoms with van der Waals surface area (Å²) in [5, 5.41) is 8.74. The van der Waals surface area contributed by atoms with Gasteiger partial charge in [0.2, 0.25) is 0 Å². The van der Waals surface area contributed by atoms with Crippen LogP contribution in [0.3, 0.4) is 0 Å². The molecule has 1 aliphatic heterocycles. The molecule has 0 radical (unpaired) electrons. The van der Waals surface area contributed by atoms with E-state index in [1.54, 1.807) is 24.3 Å². The third-order valence-corrected chi connectivity index (χ3v) is 3.18. The first-order chi connectivity index (χ1) is 9.29. The van der Waals surface area contributed by atoms with Crippen LogP contribution in [-0.4, -0.2) is 11.9 Å². The molecule has 0 spiro atoms. The van der Waals surface area contributed by atoms with Crippen LogP contribution in [0.25, 0.3) is 0 Å². The van der Waals surface area contributed by atoms with Gasteiger partial charge < -0.3 is 4.74 Å². The molecule has 2 unspecified atom stereocenters. The predicted octanol–water partition coefficient (Wildman–Crippen LogP) is 2.88. The van der Waals surface area contributed by atoms with Crippen molar-refractivity contribution >= 4 is 5.78 Å². The van der Waals surface area contributed by atoms with Crippen LogP contribution in [0.1, 0.15) is 27.6 Å². The number of carbonyl (C=O) groups excluding carboxylic acids is 1. The van der Waals surface area contributed by atoms with E-state index in [-0.39, 0.29) is 11.9 Å². The van der Waals surface area contributed by atoms with Crippen molar-refractivity contribution in [2.45, 2.75) is 12.2 Å². The second-order valence-corrected chi connectivity index (χ2v) is 4.44. The Hall–Kier alpha value is -2.44. The fourth-order valence-corrected chi connectivity index (χ4v) is 2.08. The minimum Gasteiger partial charge on any atom is -0.356 e. The molecule has 1 saturated heterocycles. The summed E-state index contributed by atoms with van der Waals surface area (Å²) in [4.78, 5) is 12.1. The van der Waals surface area contributed by atoms with Gasteiger partial charge in [-0.2, -0.15) is 5.26 Å². The fraction of sp³-hybridized carbons (Fsp3) is 0.125. The minimum atomic E-state index is -0.393. The van der Waals surface area contributed by atoms with Gasteiger partial charge in [-0.15, -0.1) is 0 Å². The molecule has 0 bridgehead atoms. The van der Waals surface area contributed by atoms with E-state index < -0.39 is 6.10 Å². The molecule has 92 valence electrons. The molecular weight excluding hydrogens is 238 g/mol. The maximum atomic E-state index is 12.1. The SMILES string of the molecule is N#Cc1ccc(C2OC2C(=O)c2ccccc2)cc1. The van der Waals surface area contributed by atoms with Crippen LogP contribution in [0, 0.1) is 11.3 Å². The van der Waals surface area contributed by atoms with Gasteiger partial charge in [0.1, 0.15) is 6.10 Å². The summed E-state index contributed by atoms with van der Waals surface area (Å²) in [5.74, 6) is 0.00922. The van der Waals surface area contributed by atoms with E-state index >= 15 is 0 Å². The lowest BCUT2D eigenvalue weighted by Gasteiger charge is -1.97. The van der Waals surface area contributed by atoms with Gasteiger partial charge in [0.25, 0.3) is 0 Å². The molecule has 0 amide bonds. The number of rotatable bonds is 3. The van der Waals surface area contributed by atoms with E-state index in [2.05, 4.69) is 6.07 Å². The van der Waals surface area contributed by atoms with Gasteiger partial charge in [0.05, 0.1) is 11.6 Å². The Balaban J connectivity index is 1.74. The number of benzene rings is 2. The highest BCUT2D eigenvalue weighted by atomic mass is 16.6. The molecule has 3 nitrogen and oxygen atoms in total. The Kier molecular flexibility index (Phi) is 2.86. The zero-order chi connectivity index (χ0) is 13.2. The summed E-state index contributed by atoms with van der Waals surface area (Å²) in [6.07, 6.45) is -0.573. The van der Waals surface area contributed by atoms with Crippen molar-refractivity contribution in [2.24, 2.45) is 0 Å². The molecule has 0 N–H and O–H groups in total. The third-order valence-electron chi connectivity index (χ3n) is 3.18. The molecule has 19 heavy (non-hydrogen) atoms. The van der Waals surface area contributed by atoms with Crippen LogP contribution in [0.5, 0.6) is 0 Å². The Morgan fingerprint density at radius 3 is 2.37 bits per heavy atom. The second kappa shape index (κ2) is 4.68. The summed E-state index contributed by atoms with van der Waals surface area (Å²) in [5.41, 5.74) is 2.22. The van der Waals surface area contributed by atoms with Gasteiger partial charge in [0.15, 0.2) is 11.9 Å². The van der Waals surface area contributed by atoms with Crippen molar-refractivity contribution in [3.05, 3.63) is 71.3 Å². The highest BCUT2D eigenvalue weighted by Gasteiger charge is 2.45. The molecule has 1 fully saturated rings. The quantitative estimate of drug-likeness (QED) is 0.620. The Labute approximate surface area is 111 Å². The van der Waals surface area contributed by atoms with Crippen molar-refractivity contribution < 1.29 is 9.53 Å². The number of ether oxygens (including phenoxy) is 1. The molecule has 1 heterocycles. The van der Waals surface area contributed by atoms with Crippen molar-refractivity contribution in [1.29, 1.82) is 5.26 Å². The Bertz CT molecular complexity index is 641. The first kappa shape index (κ1) is 11.6. The predicted molar refractivity (Wildman–Crippen MR) is 69.5 cm³/mol. The van der Waals surface area contributed by atoms with Gasteiger partial charge >= 0.3 is 0 Å². The molecule has 2 aromatic carbocycles. The van der Waals surface area contributed by atoms with Gasteiger partial charge in [0, 0.05) is 5.56 Å². The van der Waals surface area contributed by atoms with Gasteiger partial charge in [-0.05, 0) is 17.7 Å². The number of hydrogen-bond donors (Lipinski definition) is 0. The number of epoxide rings is 1. The molecule has 2 atom stereocenters. The lowest BCUT2D eigenvalue weighted by atomic mass is 10.0. The van der Waals surface area contributed by atoms with Crippen molar-refractivity contribution in [1.82, 2.24) is 0 Å². The Morgan fingerprint density at radius 1 is 1.05 bits per heavy atom. The van der Waals surface area contributed by atoms with Crippen LogP contribution in [0.15, 0.2) is 54.6 Å². The van der Waals surface area contributed by atoms with E-state index in [4.69, 9.17) is 10.00 Å². The largest absolute Gasteiger partial charge is 0.356 e. The summed E-state index contributed by atoms with van der Waals surface area (Å²) >= 11 is 0. The second-order valence-electron chi connectivity index (χ2n) is 4.44. The van der Waals surface area contributed by atoms with E-state index in [1.807, 2.05) is 30.3 Å². The monoisotopic (exact) mass is 249 g/mol. The number of nitrogens with zero attached hydrogens (tertiary/aromatic N) is 1. The van der Waals surface area contributed by atoms with Crippen LogP contribution < -0.4 is 0 Å². The molecular formula is C16H11NO2. The third kappa shape index (κ3) is 2.26. The topological polar surface area (TPSA) is 53.4 Å². The van der Waals surface area contributed by atoms with Gasteiger partial charge in [-0.1, -0.05) is 42.5 Å². The van der Waals surface area contributed by atoms with Crippen molar-refractivity contribution in [3.8, 4) is 6.07 Å². The minimum absolute atomic E-state index is 0.00922. The lowest BCUT2D eigenvalue weighted by Crippen LogP contribution is -2.07. The van der Waals surface area contributed by atoms with Crippen LogP contribution in [0.4, 0.5) is 0 Å². The number of Topliss-reactive ketones (excluding diaryl/α,β-unsaturated/α-hetero) is 1. The summed E-state index contributed by atoms with van der Waals surface area (Å²) in [7, 11) is 0. The number of ketones is 1. The maximum Gasteiger partial charge on any atom is 0.194 e. The van der Waals surface area contributed by atoms with Crippen LogP contribution >= 0.6 is 0 Å². The molecule has 0 aliphatic carbocycles.